The number of amides is 1. The zero-order valence-electron chi connectivity index (χ0n) is 13.6. The maximum atomic E-state index is 12.3. The molecule has 2 aliphatic rings. The highest BCUT2D eigenvalue weighted by Gasteiger charge is 2.27. The monoisotopic (exact) mass is 331 g/mol. The average molecular weight is 331 g/mol. The van der Waals surface area contributed by atoms with Crippen molar-refractivity contribution in [1.29, 1.82) is 0 Å². The third kappa shape index (κ3) is 2.31. The van der Waals surface area contributed by atoms with Crippen molar-refractivity contribution in [3.63, 3.8) is 0 Å². The van der Waals surface area contributed by atoms with Gasteiger partial charge < -0.3 is 15.0 Å². The molecule has 4 heterocycles. The van der Waals surface area contributed by atoms with Gasteiger partial charge in [-0.1, -0.05) is 30.4 Å². The summed E-state index contributed by atoms with van der Waals surface area (Å²) in [7, 11) is 0. The predicted octanol–water partition coefficient (Wildman–Crippen LogP) is 3.40. The van der Waals surface area contributed by atoms with Crippen molar-refractivity contribution in [3.05, 3.63) is 59.8 Å². The van der Waals surface area contributed by atoms with E-state index in [2.05, 4.69) is 21.4 Å². The van der Waals surface area contributed by atoms with E-state index in [1.807, 2.05) is 42.5 Å². The molecule has 0 saturated heterocycles. The fraction of sp³-hybridized carbons (Fsp3) is 0.200. The molecule has 1 unspecified atom stereocenters. The Hall–Kier alpha value is -3.08. The SMILES string of the molecule is O=C1NCC2CC=CCOc3ccc4cccc(c4n3)-c3cc1c2[nH]3. The van der Waals surface area contributed by atoms with E-state index in [0.717, 1.165) is 39.8 Å². The fourth-order valence-electron chi connectivity index (χ4n) is 3.63. The van der Waals surface area contributed by atoms with Gasteiger partial charge in [0.15, 0.2) is 0 Å². The van der Waals surface area contributed by atoms with Gasteiger partial charge in [0.2, 0.25) is 5.88 Å². The van der Waals surface area contributed by atoms with E-state index in [0.29, 0.717) is 19.0 Å². The number of allylic oxidation sites excluding steroid dienone is 1. The van der Waals surface area contributed by atoms with Gasteiger partial charge in [-0.2, -0.15) is 0 Å². The van der Waals surface area contributed by atoms with E-state index in [9.17, 15) is 4.79 Å². The standard InChI is InChI=1S/C20H17N3O2/c24-20-15-10-16-14-6-3-5-12-7-8-17(23-18(12)14)25-9-2-1-4-13(11-21-20)19(15)22-16/h1-3,5-8,10,13,22H,4,9,11H2,(H,21,24). The topological polar surface area (TPSA) is 67.0 Å². The van der Waals surface area contributed by atoms with Crippen LogP contribution in [0.4, 0.5) is 0 Å². The molecular formula is C20H17N3O2. The quantitative estimate of drug-likeness (QED) is 0.621. The number of benzene rings is 1. The smallest absolute Gasteiger partial charge is 0.253 e. The van der Waals surface area contributed by atoms with Crippen LogP contribution in [0.25, 0.3) is 22.2 Å². The number of nitrogens with zero attached hydrogens (tertiary/aromatic N) is 1. The second kappa shape index (κ2) is 5.48. The number of hydrogen-bond donors (Lipinski definition) is 2. The molecule has 5 nitrogen and oxygen atoms in total. The molecule has 0 saturated carbocycles. The lowest BCUT2D eigenvalue weighted by atomic mass is 9.94. The molecule has 1 aromatic carbocycles. The Kier molecular flexibility index (Phi) is 3.13. The Bertz CT molecular complexity index is 1020. The van der Waals surface area contributed by atoms with Gasteiger partial charge in [-0.15, -0.1) is 0 Å². The van der Waals surface area contributed by atoms with Gasteiger partial charge in [0, 0.05) is 40.9 Å². The molecule has 5 heteroatoms. The molecule has 0 fully saturated rings. The van der Waals surface area contributed by atoms with Gasteiger partial charge in [0.05, 0.1) is 11.1 Å². The highest BCUT2D eigenvalue weighted by Crippen LogP contribution is 2.34. The molecule has 1 atom stereocenters. The average Bonchev–Trinajstić information content (AvgIpc) is 3.08. The lowest BCUT2D eigenvalue weighted by Crippen LogP contribution is -2.34. The maximum Gasteiger partial charge on any atom is 0.253 e. The van der Waals surface area contributed by atoms with Crippen LogP contribution in [-0.2, 0) is 0 Å². The van der Waals surface area contributed by atoms with E-state index < -0.39 is 0 Å². The molecule has 4 bridgehead atoms. The van der Waals surface area contributed by atoms with E-state index >= 15 is 0 Å². The zero-order chi connectivity index (χ0) is 16.8. The second-order valence-corrected chi connectivity index (χ2v) is 6.46. The minimum atomic E-state index is -0.0120. The van der Waals surface area contributed by atoms with E-state index in [1.54, 1.807) is 0 Å². The van der Waals surface area contributed by atoms with Crippen LogP contribution in [0.5, 0.6) is 5.88 Å². The van der Waals surface area contributed by atoms with Gasteiger partial charge in [-0.05, 0) is 18.6 Å². The number of pyridine rings is 1. The molecule has 2 aliphatic heterocycles. The molecule has 0 spiro atoms. The number of carbonyl (C=O) groups is 1. The third-order valence-corrected chi connectivity index (χ3v) is 4.91. The summed E-state index contributed by atoms with van der Waals surface area (Å²) in [6.07, 6.45) is 4.97. The summed E-state index contributed by atoms with van der Waals surface area (Å²) in [5, 5.41) is 4.03. The molecule has 1 amide bonds. The largest absolute Gasteiger partial charge is 0.473 e. The van der Waals surface area contributed by atoms with Crippen molar-refractivity contribution in [1.82, 2.24) is 15.3 Å². The third-order valence-electron chi connectivity index (χ3n) is 4.91. The minimum Gasteiger partial charge on any atom is -0.473 e. The number of nitrogens with one attached hydrogen (secondary N) is 2. The van der Waals surface area contributed by atoms with Gasteiger partial charge in [-0.3, -0.25) is 4.79 Å². The first kappa shape index (κ1) is 14.3. The molecule has 2 N–H and O–H groups in total. The Morgan fingerprint density at radius 3 is 3.04 bits per heavy atom. The van der Waals surface area contributed by atoms with Crippen molar-refractivity contribution in [3.8, 4) is 17.1 Å². The first-order valence-electron chi connectivity index (χ1n) is 8.48. The van der Waals surface area contributed by atoms with Gasteiger partial charge >= 0.3 is 0 Å². The molecule has 0 radical (unpaired) electrons. The molecule has 2 aromatic heterocycles. The normalized spacial score (nSPS) is 18.9. The number of aromatic amines is 1. The first-order chi connectivity index (χ1) is 12.3. The Morgan fingerprint density at radius 2 is 2.08 bits per heavy atom. The highest BCUT2D eigenvalue weighted by atomic mass is 16.5. The van der Waals surface area contributed by atoms with Crippen molar-refractivity contribution in [2.45, 2.75) is 12.3 Å². The summed E-state index contributed by atoms with van der Waals surface area (Å²) in [6, 6.07) is 11.9. The number of ether oxygens (including phenoxy) is 1. The highest BCUT2D eigenvalue weighted by molar-refractivity contribution is 6.00. The second-order valence-electron chi connectivity index (χ2n) is 6.46. The number of fused-ring (bicyclic) bond motifs is 3. The first-order valence-corrected chi connectivity index (χ1v) is 8.48. The van der Waals surface area contributed by atoms with Crippen LogP contribution >= 0.6 is 0 Å². The Labute approximate surface area is 144 Å². The Morgan fingerprint density at radius 1 is 1.12 bits per heavy atom. The van der Waals surface area contributed by atoms with Crippen LogP contribution in [0.2, 0.25) is 0 Å². The summed E-state index contributed by atoms with van der Waals surface area (Å²) in [5.41, 5.74) is 4.53. The van der Waals surface area contributed by atoms with E-state index in [1.165, 1.54) is 0 Å². The number of rotatable bonds is 0. The molecule has 0 aliphatic carbocycles. The van der Waals surface area contributed by atoms with Crippen molar-refractivity contribution in [2.24, 2.45) is 0 Å². The molecule has 124 valence electrons. The summed E-state index contributed by atoms with van der Waals surface area (Å²) in [6.45, 7) is 1.13. The van der Waals surface area contributed by atoms with Crippen LogP contribution in [-0.4, -0.2) is 29.0 Å². The summed E-state index contributed by atoms with van der Waals surface area (Å²) in [4.78, 5) is 20.5. The van der Waals surface area contributed by atoms with E-state index in [4.69, 9.17) is 4.74 Å². The van der Waals surface area contributed by atoms with Crippen LogP contribution < -0.4 is 10.1 Å². The van der Waals surface area contributed by atoms with Crippen molar-refractivity contribution >= 4 is 16.8 Å². The predicted molar refractivity (Wildman–Crippen MR) is 95.9 cm³/mol. The number of hydrogen-bond acceptors (Lipinski definition) is 3. The summed E-state index contributed by atoms with van der Waals surface area (Å²) in [5.74, 6) is 0.841. The van der Waals surface area contributed by atoms with Crippen LogP contribution in [0.15, 0.2) is 48.6 Å². The lowest BCUT2D eigenvalue weighted by molar-refractivity contribution is 0.0940. The summed E-state index contributed by atoms with van der Waals surface area (Å²) < 4.78 is 5.76. The number of H-pyrrole nitrogens is 1. The zero-order valence-corrected chi connectivity index (χ0v) is 13.6. The van der Waals surface area contributed by atoms with Crippen LogP contribution in [0.3, 0.4) is 0 Å². The number of para-hydroxylation sites is 1. The number of carbonyl (C=O) groups excluding carboxylic acids is 1. The number of aromatic nitrogens is 2. The van der Waals surface area contributed by atoms with Crippen molar-refractivity contribution < 1.29 is 9.53 Å². The molecule has 5 rings (SSSR count). The lowest BCUT2D eigenvalue weighted by Gasteiger charge is -2.21. The van der Waals surface area contributed by atoms with Gasteiger partial charge in [-0.25, -0.2) is 4.98 Å². The minimum absolute atomic E-state index is 0.0120. The van der Waals surface area contributed by atoms with Crippen LogP contribution in [0, 0.1) is 0 Å². The van der Waals surface area contributed by atoms with Gasteiger partial charge in [0.1, 0.15) is 6.61 Å². The Balaban J connectivity index is 1.78. The fourth-order valence-corrected chi connectivity index (χ4v) is 3.63. The summed E-state index contributed by atoms with van der Waals surface area (Å²) >= 11 is 0. The van der Waals surface area contributed by atoms with Crippen LogP contribution in [0.1, 0.15) is 28.4 Å². The molecule has 25 heavy (non-hydrogen) atoms. The van der Waals surface area contributed by atoms with E-state index in [-0.39, 0.29) is 11.8 Å². The molecule has 3 aromatic rings. The molecular weight excluding hydrogens is 314 g/mol. The maximum absolute atomic E-state index is 12.3. The van der Waals surface area contributed by atoms with Gasteiger partial charge in [0.25, 0.3) is 5.91 Å². The van der Waals surface area contributed by atoms with Crippen molar-refractivity contribution in [2.75, 3.05) is 13.2 Å².